The van der Waals surface area contributed by atoms with Crippen LogP contribution >= 0.6 is 7.82 Å². The standard InChI is InChI=1S/C29H59O10P/c1-4-5-6-7-8-9-10-11-12-13-14-15-16-17-18-19-20-37-22-24(35-2)23-38-40(33,34)39-29-26(36-3)21-25(30)27(31)28(29)32/h24-32H,4-23H2,1-3H3,(H,33,34)/t24-,25-,26-,27+,28-,29-/m1/s1. The van der Waals surface area contributed by atoms with Gasteiger partial charge in [0.2, 0.25) is 0 Å². The quantitative estimate of drug-likeness (QED) is 0.0766. The Bertz CT molecular complexity index is 638. The Morgan fingerprint density at radius 3 is 1.73 bits per heavy atom. The predicted molar refractivity (Wildman–Crippen MR) is 155 cm³/mol. The molecule has 0 bridgehead atoms. The van der Waals surface area contributed by atoms with Crippen LogP contribution in [0.2, 0.25) is 0 Å². The first kappa shape index (κ1) is 37.9. The highest BCUT2D eigenvalue weighted by Gasteiger charge is 2.47. The van der Waals surface area contributed by atoms with Gasteiger partial charge in [0.25, 0.3) is 0 Å². The molecule has 11 heteroatoms. The number of aliphatic hydroxyl groups is 3. The molecule has 0 aliphatic heterocycles. The Morgan fingerprint density at radius 1 is 0.750 bits per heavy atom. The van der Waals surface area contributed by atoms with E-state index in [1.165, 1.54) is 104 Å². The van der Waals surface area contributed by atoms with Gasteiger partial charge in [0.15, 0.2) is 0 Å². The molecule has 1 rings (SSSR count). The minimum absolute atomic E-state index is 0.0622. The maximum atomic E-state index is 12.4. The number of hydrogen-bond acceptors (Lipinski definition) is 9. The highest BCUT2D eigenvalue weighted by atomic mass is 31.2. The summed E-state index contributed by atoms with van der Waals surface area (Å²) in [6.07, 6.45) is 13.7. The van der Waals surface area contributed by atoms with Crippen LogP contribution in [0.25, 0.3) is 0 Å². The predicted octanol–water partition coefficient (Wildman–Crippen LogP) is 5.28. The number of unbranched alkanes of at least 4 members (excludes halogenated alkanes) is 15. The molecule has 1 unspecified atom stereocenters. The summed E-state index contributed by atoms with van der Waals surface area (Å²) in [6.45, 7) is 2.79. The SMILES string of the molecule is CCCCCCCCCCCCCCCCCCOC[C@H](COP(=O)(O)O[C@H]1[C@H](O)[C@@H](O)[C@H](O)C[C@H]1OC)OC. The lowest BCUT2D eigenvalue weighted by molar-refractivity contribution is -0.180. The smallest absolute Gasteiger partial charge is 0.390 e. The van der Waals surface area contributed by atoms with Gasteiger partial charge in [-0.3, -0.25) is 9.05 Å². The topological polar surface area (TPSA) is 144 Å². The van der Waals surface area contributed by atoms with Gasteiger partial charge in [0.1, 0.15) is 24.4 Å². The van der Waals surface area contributed by atoms with Crippen molar-refractivity contribution < 1.29 is 48.0 Å². The highest BCUT2D eigenvalue weighted by molar-refractivity contribution is 7.47. The normalized spacial score (nSPS) is 25.6. The summed E-state index contributed by atoms with van der Waals surface area (Å²) in [5.41, 5.74) is 0. The Hall–Kier alpha value is -0.130. The van der Waals surface area contributed by atoms with Gasteiger partial charge in [-0.25, -0.2) is 4.57 Å². The maximum absolute atomic E-state index is 12.4. The van der Waals surface area contributed by atoms with Crippen molar-refractivity contribution in [2.45, 2.75) is 153 Å². The van der Waals surface area contributed by atoms with Crippen molar-refractivity contribution >= 4 is 7.82 Å². The van der Waals surface area contributed by atoms with Crippen LogP contribution in [0.5, 0.6) is 0 Å². The fourth-order valence-electron chi connectivity index (χ4n) is 5.03. The third kappa shape index (κ3) is 17.1. The Morgan fingerprint density at radius 2 is 1.25 bits per heavy atom. The van der Waals surface area contributed by atoms with Gasteiger partial charge in [-0.2, -0.15) is 0 Å². The van der Waals surface area contributed by atoms with E-state index in [2.05, 4.69) is 6.92 Å². The molecule has 1 fully saturated rings. The van der Waals surface area contributed by atoms with Crippen LogP contribution < -0.4 is 0 Å². The van der Waals surface area contributed by atoms with E-state index in [0.717, 1.165) is 12.8 Å². The van der Waals surface area contributed by atoms with Gasteiger partial charge in [0, 0.05) is 27.2 Å². The second-order valence-corrected chi connectivity index (χ2v) is 12.5. The zero-order chi connectivity index (χ0) is 29.6. The molecule has 1 saturated carbocycles. The van der Waals surface area contributed by atoms with Gasteiger partial charge < -0.3 is 34.4 Å². The highest BCUT2D eigenvalue weighted by Crippen LogP contribution is 2.47. The molecule has 4 N–H and O–H groups in total. The second-order valence-electron chi connectivity index (χ2n) is 11.1. The molecule has 0 radical (unpaired) electrons. The van der Waals surface area contributed by atoms with Crippen molar-refractivity contribution in [3.8, 4) is 0 Å². The molecule has 7 atom stereocenters. The molecule has 1 aliphatic rings. The molecule has 0 spiro atoms. The van der Waals surface area contributed by atoms with E-state index in [4.69, 9.17) is 23.3 Å². The average molecular weight is 599 g/mol. The van der Waals surface area contributed by atoms with E-state index in [1.807, 2.05) is 0 Å². The number of ether oxygens (including phenoxy) is 3. The first-order chi connectivity index (χ1) is 19.3. The lowest BCUT2D eigenvalue weighted by Gasteiger charge is -2.40. The number of phosphoric acid groups is 1. The van der Waals surface area contributed by atoms with Gasteiger partial charge in [-0.1, -0.05) is 103 Å². The van der Waals surface area contributed by atoms with Crippen LogP contribution in [0, 0.1) is 0 Å². The van der Waals surface area contributed by atoms with Crippen molar-refractivity contribution in [3.63, 3.8) is 0 Å². The number of hydrogen-bond donors (Lipinski definition) is 4. The zero-order valence-corrected chi connectivity index (χ0v) is 26.2. The Balaban J connectivity index is 2.04. The van der Waals surface area contributed by atoms with E-state index in [-0.39, 0.29) is 19.6 Å². The van der Waals surface area contributed by atoms with E-state index in [9.17, 15) is 24.8 Å². The maximum Gasteiger partial charge on any atom is 0.472 e. The van der Waals surface area contributed by atoms with E-state index >= 15 is 0 Å². The van der Waals surface area contributed by atoms with Crippen LogP contribution in [-0.2, 0) is 27.8 Å². The monoisotopic (exact) mass is 598 g/mol. The van der Waals surface area contributed by atoms with Crippen LogP contribution in [0.1, 0.15) is 116 Å². The Labute approximate surface area is 242 Å². The largest absolute Gasteiger partial charge is 0.472 e. The molecule has 0 heterocycles. The minimum Gasteiger partial charge on any atom is -0.390 e. The average Bonchev–Trinajstić information content (AvgIpc) is 2.94. The van der Waals surface area contributed by atoms with Crippen LogP contribution in [0.3, 0.4) is 0 Å². The molecule has 40 heavy (non-hydrogen) atoms. The van der Waals surface area contributed by atoms with Crippen LogP contribution in [0.15, 0.2) is 0 Å². The molecule has 1 aliphatic carbocycles. The summed E-state index contributed by atoms with van der Waals surface area (Å²) >= 11 is 0. The number of methoxy groups -OCH3 is 2. The number of rotatable bonds is 26. The first-order valence-electron chi connectivity index (χ1n) is 15.6. The van der Waals surface area contributed by atoms with Gasteiger partial charge in [-0.15, -0.1) is 0 Å². The molecule has 240 valence electrons. The van der Waals surface area contributed by atoms with E-state index in [0.29, 0.717) is 6.61 Å². The Kier molecular flexibility index (Phi) is 22.1. The number of aliphatic hydroxyl groups excluding tert-OH is 3. The van der Waals surface area contributed by atoms with Crippen LogP contribution in [-0.4, -0.2) is 90.9 Å². The van der Waals surface area contributed by atoms with Crippen molar-refractivity contribution in [2.75, 3.05) is 34.0 Å². The zero-order valence-electron chi connectivity index (χ0n) is 25.3. The van der Waals surface area contributed by atoms with E-state index < -0.39 is 44.4 Å². The fraction of sp³-hybridized carbons (Fsp3) is 1.00. The second kappa shape index (κ2) is 23.3. The summed E-state index contributed by atoms with van der Waals surface area (Å²) < 4.78 is 38.7. The molecule has 10 nitrogen and oxygen atoms in total. The third-order valence-corrected chi connectivity index (χ3v) is 8.67. The molecule has 0 aromatic heterocycles. The molecule has 0 aromatic carbocycles. The lowest BCUT2D eigenvalue weighted by Crippen LogP contribution is -2.57. The van der Waals surface area contributed by atoms with Crippen molar-refractivity contribution in [3.05, 3.63) is 0 Å². The van der Waals surface area contributed by atoms with Gasteiger partial charge >= 0.3 is 7.82 Å². The lowest BCUT2D eigenvalue weighted by atomic mass is 9.87. The third-order valence-electron chi connectivity index (χ3n) is 7.68. The van der Waals surface area contributed by atoms with Gasteiger partial charge in [0.05, 0.1) is 25.4 Å². The summed E-state index contributed by atoms with van der Waals surface area (Å²) in [6, 6.07) is 0. The first-order valence-corrected chi connectivity index (χ1v) is 17.1. The van der Waals surface area contributed by atoms with Gasteiger partial charge in [-0.05, 0) is 6.42 Å². The summed E-state index contributed by atoms with van der Waals surface area (Å²) in [5.74, 6) is 0. The van der Waals surface area contributed by atoms with Crippen molar-refractivity contribution in [1.29, 1.82) is 0 Å². The molecule has 0 amide bonds. The molecular formula is C29H59O10P. The van der Waals surface area contributed by atoms with Crippen molar-refractivity contribution in [1.82, 2.24) is 0 Å². The van der Waals surface area contributed by atoms with E-state index in [1.54, 1.807) is 0 Å². The number of phosphoric ester groups is 1. The molecule has 0 saturated heterocycles. The molecule has 0 aromatic rings. The summed E-state index contributed by atoms with van der Waals surface area (Å²) in [7, 11) is -1.83. The van der Waals surface area contributed by atoms with Crippen LogP contribution in [0.4, 0.5) is 0 Å². The fourth-order valence-corrected chi connectivity index (χ4v) is 6.01. The minimum atomic E-state index is -4.61. The summed E-state index contributed by atoms with van der Waals surface area (Å²) in [4.78, 5) is 10.1. The molecular weight excluding hydrogens is 539 g/mol. The van der Waals surface area contributed by atoms with Crippen molar-refractivity contribution in [2.24, 2.45) is 0 Å². The summed E-state index contributed by atoms with van der Waals surface area (Å²) in [5, 5.41) is 29.8.